The Morgan fingerprint density at radius 3 is 2.74 bits per heavy atom. The van der Waals surface area contributed by atoms with Gasteiger partial charge >= 0.3 is 0 Å². The molecule has 1 amide bonds. The van der Waals surface area contributed by atoms with Crippen molar-refractivity contribution in [3.05, 3.63) is 53.7 Å². The summed E-state index contributed by atoms with van der Waals surface area (Å²) in [4.78, 5) is 27.4. The Bertz CT molecular complexity index is 1360. The molecule has 1 aliphatic rings. The molecule has 3 aromatic heterocycles. The molecule has 5 rings (SSSR count). The molecule has 0 aliphatic carbocycles. The molecule has 4 aromatic rings. The van der Waals surface area contributed by atoms with Crippen LogP contribution in [-0.2, 0) is 13.5 Å². The summed E-state index contributed by atoms with van der Waals surface area (Å²) in [5, 5.41) is 25.8. The lowest BCUT2D eigenvalue weighted by atomic mass is 9.97. The number of primary amides is 1. The predicted octanol–water partition coefficient (Wildman–Crippen LogP) is 0.941. The van der Waals surface area contributed by atoms with Crippen LogP contribution in [0.15, 0.2) is 41.2 Å². The van der Waals surface area contributed by atoms with Gasteiger partial charge < -0.3 is 30.6 Å². The van der Waals surface area contributed by atoms with Crippen molar-refractivity contribution in [1.29, 1.82) is 0 Å². The molecule has 0 saturated carbocycles. The maximum Gasteiger partial charge on any atom is 0.298 e. The Balaban J connectivity index is 1.28. The molecule has 1 saturated heterocycles. The van der Waals surface area contributed by atoms with Gasteiger partial charge in [-0.1, -0.05) is 6.07 Å². The predicted molar refractivity (Wildman–Crippen MR) is 127 cm³/mol. The maximum atomic E-state index is 12.0. The van der Waals surface area contributed by atoms with Gasteiger partial charge in [-0.2, -0.15) is 10.1 Å². The van der Waals surface area contributed by atoms with Crippen LogP contribution in [0.5, 0.6) is 0 Å². The van der Waals surface area contributed by atoms with E-state index >= 15 is 0 Å². The number of fused-ring (bicyclic) bond motifs is 1. The summed E-state index contributed by atoms with van der Waals surface area (Å²) in [5.41, 5.74) is 9.32. The van der Waals surface area contributed by atoms with E-state index in [9.17, 15) is 15.0 Å². The number of nitrogens with two attached hydrogens (primary N) is 1. The van der Waals surface area contributed by atoms with Crippen LogP contribution in [0.1, 0.15) is 27.7 Å². The summed E-state index contributed by atoms with van der Waals surface area (Å²) in [6.07, 6.45) is 5.57. The first-order valence-corrected chi connectivity index (χ1v) is 11.2. The summed E-state index contributed by atoms with van der Waals surface area (Å²) >= 11 is 0. The van der Waals surface area contributed by atoms with E-state index in [1.54, 1.807) is 30.3 Å². The van der Waals surface area contributed by atoms with E-state index in [2.05, 4.69) is 25.4 Å². The molecule has 1 fully saturated rings. The maximum absolute atomic E-state index is 12.0. The van der Waals surface area contributed by atoms with E-state index < -0.39 is 5.91 Å². The highest BCUT2D eigenvalue weighted by Gasteiger charge is 2.33. The van der Waals surface area contributed by atoms with Crippen molar-refractivity contribution in [1.82, 2.24) is 24.7 Å². The fourth-order valence-corrected chi connectivity index (χ4v) is 4.05. The van der Waals surface area contributed by atoms with E-state index in [0.29, 0.717) is 42.5 Å². The smallest absolute Gasteiger partial charge is 0.298 e. The molecule has 12 nitrogen and oxygen atoms in total. The summed E-state index contributed by atoms with van der Waals surface area (Å²) in [7, 11) is 1.79. The van der Waals surface area contributed by atoms with E-state index in [1.165, 1.54) is 0 Å². The first-order chi connectivity index (χ1) is 16.9. The van der Waals surface area contributed by atoms with Gasteiger partial charge in [0.25, 0.3) is 11.9 Å². The average Bonchev–Trinajstić information content (AvgIpc) is 3.42. The zero-order valence-corrected chi connectivity index (χ0v) is 19.1. The van der Waals surface area contributed by atoms with Crippen molar-refractivity contribution < 1.29 is 19.4 Å². The molecule has 0 unspecified atom stereocenters. The molecule has 0 bridgehead atoms. The van der Waals surface area contributed by atoms with E-state index in [4.69, 9.17) is 10.2 Å². The Hall–Kier alpha value is -4.03. The van der Waals surface area contributed by atoms with Crippen LogP contribution in [-0.4, -0.2) is 67.2 Å². The van der Waals surface area contributed by atoms with Gasteiger partial charge in [-0.25, -0.2) is 9.97 Å². The lowest BCUT2D eigenvalue weighted by Gasteiger charge is -2.37. The Kier molecular flexibility index (Phi) is 6.05. The van der Waals surface area contributed by atoms with Gasteiger partial charge in [0.2, 0.25) is 0 Å². The van der Waals surface area contributed by atoms with Crippen molar-refractivity contribution in [2.24, 2.45) is 18.7 Å². The van der Waals surface area contributed by atoms with Crippen molar-refractivity contribution in [2.75, 3.05) is 36.5 Å². The molecule has 4 heterocycles. The van der Waals surface area contributed by atoms with Gasteiger partial charge in [0.1, 0.15) is 5.52 Å². The van der Waals surface area contributed by atoms with E-state index in [1.807, 2.05) is 23.1 Å². The van der Waals surface area contributed by atoms with Gasteiger partial charge in [-0.3, -0.25) is 9.48 Å². The summed E-state index contributed by atoms with van der Waals surface area (Å²) in [6.45, 7) is 1.07. The van der Waals surface area contributed by atoms with Crippen LogP contribution in [0.25, 0.3) is 11.1 Å². The van der Waals surface area contributed by atoms with Crippen molar-refractivity contribution in [3.8, 4) is 0 Å². The molecule has 0 radical (unpaired) electrons. The van der Waals surface area contributed by atoms with Crippen molar-refractivity contribution in [3.63, 3.8) is 0 Å². The highest BCUT2D eigenvalue weighted by molar-refractivity contribution is 5.96. The Morgan fingerprint density at radius 1 is 1.26 bits per heavy atom. The monoisotopic (exact) mass is 478 g/mol. The zero-order valence-electron chi connectivity index (χ0n) is 19.1. The first kappa shape index (κ1) is 22.7. The third-order valence-electron chi connectivity index (χ3n) is 6.04. The molecule has 1 aliphatic heterocycles. The summed E-state index contributed by atoms with van der Waals surface area (Å²) in [5.74, 6) is -0.539. The molecule has 1 aromatic carbocycles. The first-order valence-electron chi connectivity index (χ1n) is 11.2. The van der Waals surface area contributed by atoms with E-state index in [-0.39, 0.29) is 36.6 Å². The number of rotatable bonds is 9. The Morgan fingerprint density at radius 2 is 2.06 bits per heavy atom. The number of aliphatic hydroxyl groups excluding tert-OH is 2. The minimum atomic E-state index is -0.665. The summed E-state index contributed by atoms with van der Waals surface area (Å²) < 4.78 is 7.59. The van der Waals surface area contributed by atoms with Crippen LogP contribution in [0.4, 0.5) is 17.5 Å². The second-order valence-corrected chi connectivity index (χ2v) is 8.72. The lowest BCUT2D eigenvalue weighted by Crippen LogP contribution is -2.45. The molecule has 182 valence electrons. The van der Waals surface area contributed by atoms with Gasteiger partial charge in [-0.05, 0) is 24.1 Å². The molecule has 12 heteroatoms. The third kappa shape index (κ3) is 4.66. The molecule has 0 spiro atoms. The quantitative estimate of drug-likeness (QED) is 0.272. The SMILES string of the molecule is Cn1cc(Nc2ncc(C3CN(c4nc5ccc(CC(CO)CO)cc5o4)C3)nc2C(N)=O)cn1. The molecule has 5 N–H and O–H groups in total. The zero-order chi connectivity index (χ0) is 24.5. The van der Waals surface area contributed by atoms with Gasteiger partial charge in [-0.15, -0.1) is 0 Å². The second-order valence-electron chi connectivity index (χ2n) is 8.72. The normalized spacial score (nSPS) is 14.0. The number of hydrogen-bond donors (Lipinski definition) is 4. The van der Waals surface area contributed by atoms with Crippen LogP contribution in [0.2, 0.25) is 0 Å². The molecule has 35 heavy (non-hydrogen) atoms. The molecule has 0 atom stereocenters. The largest absolute Gasteiger partial charge is 0.423 e. The number of aliphatic hydroxyl groups is 2. The minimum absolute atomic E-state index is 0.0495. The minimum Gasteiger partial charge on any atom is -0.423 e. The van der Waals surface area contributed by atoms with Crippen LogP contribution in [0.3, 0.4) is 0 Å². The number of aromatic nitrogens is 5. The van der Waals surface area contributed by atoms with E-state index in [0.717, 1.165) is 11.1 Å². The van der Waals surface area contributed by atoms with Crippen LogP contribution in [0, 0.1) is 5.92 Å². The Labute approximate surface area is 200 Å². The third-order valence-corrected chi connectivity index (χ3v) is 6.04. The fraction of sp³-hybridized carbons (Fsp3) is 0.348. The number of nitrogens with zero attached hydrogens (tertiary/aromatic N) is 6. The molecular formula is C23H26N8O4. The number of aryl methyl sites for hydroxylation is 1. The second kappa shape index (κ2) is 9.31. The van der Waals surface area contributed by atoms with Crippen molar-refractivity contribution in [2.45, 2.75) is 12.3 Å². The van der Waals surface area contributed by atoms with Crippen LogP contribution >= 0.6 is 0 Å². The highest BCUT2D eigenvalue weighted by Crippen LogP contribution is 2.33. The van der Waals surface area contributed by atoms with Gasteiger partial charge in [0.05, 0.1) is 23.8 Å². The number of anilines is 3. The highest BCUT2D eigenvalue weighted by atomic mass is 16.4. The number of oxazole rings is 1. The van der Waals surface area contributed by atoms with Gasteiger partial charge in [0.15, 0.2) is 17.1 Å². The average molecular weight is 479 g/mol. The standard InChI is InChI=1S/C23H26N8O4/c1-30-10-16(6-26-30)27-22-20(21(24)34)28-18(7-25-22)15-8-31(9-15)23-29-17-3-2-13(5-19(17)35-23)4-14(11-32)12-33/h2-3,5-7,10,14-15,32-33H,4,8-9,11-12H2,1H3,(H2,24,34)(H,25,27). The van der Waals surface area contributed by atoms with Gasteiger partial charge in [0, 0.05) is 51.4 Å². The number of amides is 1. The fourth-order valence-electron chi connectivity index (χ4n) is 4.05. The number of benzene rings is 1. The number of carbonyl (C=O) groups excluding carboxylic acids is 1. The number of nitrogens with one attached hydrogen (secondary N) is 1. The number of carbonyl (C=O) groups is 1. The summed E-state index contributed by atoms with van der Waals surface area (Å²) in [6, 6.07) is 6.19. The van der Waals surface area contributed by atoms with Crippen LogP contribution < -0.4 is 16.0 Å². The topological polar surface area (TPSA) is 168 Å². The lowest BCUT2D eigenvalue weighted by molar-refractivity contribution is 0.0995. The number of hydrogen-bond acceptors (Lipinski definition) is 10. The molecular weight excluding hydrogens is 452 g/mol. The van der Waals surface area contributed by atoms with Crippen molar-refractivity contribution >= 4 is 34.5 Å².